The summed E-state index contributed by atoms with van der Waals surface area (Å²) in [5.41, 5.74) is 14.6. The van der Waals surface area contributed by atoms with Crippen molar-refractivity contribution in [3.63, 3.8) is 0 Å². The number of hydrogen-bond donors (Lipinski definition) is 0. The standard InChI is InChI=1S/C58H36N2S/c1-3-13-37(14-4-1)39-16-11-19-44(33-39)59-52-23-10-9-21-47(52)49-36-42(27-31-53(49)59)45-22-12-24-56-57(45)51-35-41(28-32-55(51)61-56)40-26-30-54-50(34-40)48-29-25-38-15-7-8-20-46(38)58(48)60(54)43-17-5-2-6-18-43/h1-36H. The van der Waals surface area contributed by atoms with Gasteiger partial charge < -0.3 is 9.13 Å². The smallest absolute Gasteiger partial charge is 0.0619 e. The normalized spacial score (nSPS) is 11.9. The zero-order valence-corrected chi connectivity index (χ0v) is 33.9. The number of rotatable bonds is 5. The summed E-state index contributed by atoms with van der Waals surface area (Å²) in [7, 11) is 0. The lowest BCUT2D eigenvalue weighted by atomic mass is 9.96. The van der Waals surface area contributed by atoms with Gasteiger partial charge in [0, 0.05) is 58.5 Å². The summed E-state index contributed by atoms with van der Waals surface area (Å²) in [6.45, 7) is 0. The highest BCUT2D eigenvalue weighted by atomic mass is 32.1. The minimum Gasteiger partial charge on any atom is -0.309 e. The van der Waals surface area contributed by atoms with E-state index >= 15 is 0 Å². The van der Waals surface area contributed by atoms with Gasteiger partial charge in [0.15, 0.2) is 0 Å². The first-order valence-electron chi connectivity index (χ1n) is 20.9. The lowest BCUT2D eigenvalue weighted by Gasteiger charge is -2.11. The summed E-state index contributed by atoms with van der Waals surface area (Å²) < 4.78 is 7.47. The van der Waals surface area contributed by atoms with Crippen molar-refractivity contribution >= 4 is 85.9 Å². The van der Waals surface area contributed by atoms with Crippen molar-refractivity contribution in [2.45, 2.75) is 0 Å². The molecule has 3 aromatic heterocycles. The van der Waals surface area contributed by atoms with Crippen molar-refractivity contribution in [3.8, 4) is 44.8 Å². The summed E-state index contributed by atoms with van der Waals surface area (Å²) in [4.78, 5) is 0. The van der Waals surface area contributed by atoms with Gasteiger partial charge in [0.25, 0.3) is 0 Å². The Kier molecular flexibility index (Phi) is 7.51. The third-order valence-corrected chi connectivity index (χ3v) is 13.8. The van der Waals surface area contributed by atoms with E-state index in [4.69, 9.17) is 0 Å². The molecule has 13 aromatic rings. The van der Waals surface area contributed by atoms with Crippen LogP contribution in [0.3, 0.4) is 0 Å². The molecule has 0 aliphatic carbocycles. The summed E-state index contributed by atoms with van der Waals surface area (Å²) >= 11 is 1.88. The largest absolute Gasteiger partial charge is 0.309 e. The Morgan fingerprint density at radius 2 is 0.902 bits per heavy atom. The molecule has 3 heterocycles. The van der Waals surface area contributed by atoms with Gasteiger partial charge in [0.2, 0.25) is 0 Å². The SMILES string of the molecule is c1ccc(-c2cccc(-n3c4ccccc4c4cc(-c5cccc6sc7ccc(-c8ccc9c(c8)c8ccc%10ccccc%10c8n9-c8ccccc8)cc7c56)ccc43)c2)cc1. The van der Waals surface area contributed by atoms with E-state index in [0.29, 0.717) is 0 Å². The Bertz CT molecular complexity index is 3870. The van der Waals surface area contributed by atoms with Crippen LogP contribution in [0.25, 0.3) is 119 Å². The predicted molar refractivity (Wildman–Crippen MR) is 262 cm³/mol. The van der Waals surface area contributed by atoms with E-state index in [-0.39, 0.29) is 0 Å². The maximum absolute atomic E-state index is 2.44. The molecule has 0 spiro atoms. The number of benzene rings is 10. The number of fused-ring (bicyclic) bond motifs is 11. The maximum atomic E-state index is 2.44. The van der Waals surface area contributed by atoms with Crippen molar-refractivity contribution < 1.29 is 0 Å². The first-order chi connectivity index (χ1) is 30.2. The van der Waals surface area contributed by atoms with Crippen molar-refractivity contribution in [1.82, 2.24) is 9.13 Å². The third kappa shape index (κ3) is 5.28. The fourth-order valence-corrected chi connectivity index (χ4v) is 11.0. The van der Waals surface area contributed by atoms with Gasteiger partial charge in [0.05, 0.1) is 22.1 Å². The van der Waals surface area contributed by atoms with Gasteiger partial charge in [-0.2, -0.15) is 0 Å². The Morgan fingerprint density at radius 3 is 1.77 bits per heavy atom. The van der Waals surface area contributed by atoms with Crippen molar-refractivity contribution in [2.75, 3.05) is 0 Å². The van der Waals surface area contributed by atoms with E-state index in [1.807, 2.05) is 11.3 Å². The first-order valence-corrected chi connectivity index (χ1v) is 21.7. The molecule has 3 heteroatoms. The van der Waals surface area contributed by atoms with Crippen LogP contribution in [0.4, 0.5) is 0 Å². The molecule has 10 aromatic carbocycles. The average molecular weight is 793 g/mol. The van der Waals surface area contributed by atoms with Crippen LogP contribution < -0.4 is 0 Å². The highest BCUT2D eigenvalue weighted by Crippen LogP contribution is 2.44. The second-order valence-electron chi connectivity index (χ2n) is 16.1. The number of hydrogen-bond acceptors (Lipinski definition) is 1. The summed E-state index contributed by atoms with van der Waals surface area (Å²) in [5, 5.41) is 10.2. The van der Waals surface area contributed by atoms with E-state index in [1.54, 1.807) is 0 Å². The maximum Gasteiger partial charge on any atom is 0.0619 e. The Hall–Kier alpha value is -7.72. The first kappa shape index (κ1) is 34.2. The monoisotopic (exact) mass is 792 g/mol. The van der Waals surface area contributed by atoms with Crippen LogP contribution in [0, 0.1) is 0 Å². The van der Waals surface area contributed by atoms with Gasteiger partial charge in [-0.3, -0.25) is 0 Å². The lowest BCUT2D eigenvalue weighted by molar-refractivity contribution is 1.18. The molecule has 0 unspecified atom stereocenters. The molecule has 0 saturated heterocycles. The molecule has 0 aliphatic heterocycles. The second-order valence-corrected chi connectivity index (χ2v) is 17.2. The molecular weight excluding hydrogens is 757 g/mol. The zero-order valence-electron chi connectivity index (χ0n) is 33.1. The van der Waals surface area contributed by atoms with Gasteiger partial charge >= 0.3 is 0 Å². The van der Waals surface area contributed by atoms with Gasteiger partial charge in [-0.15, -0.1) is 11.3 Å². The fraction of sp³-hybridized carbons (Fsp3) is 0. The quantitative estimate of drug-likeness (QED) is 0.164. The van der Waals surface area contributed by atoms with Crippen molar-refractivity contribution in [3.05, 3.63) is 218 Å². The van der Waals surface area contributed by atoms with Crippen LogP contribution in [-0.4, -0.2) is 9.13 Å². The average Bonchev–Trinajstić information content (AvgIpc) is 3.99. The number of aromatic nitrogens is 2. The molecule has 0 amide bonds. The molecule has 0 bridgehead atoms. The minimum absolute atomic E-state index is 1.16. The van der Waals surface area contributed by atoms with Crippen LogP contribution in [0.15, 0.2) is 218 Å². The zero-order chi connectivity index (χ0) is 40.0. The van der Waals surface area contributed by atoms with E-state index in [0.717, 1.165) is 5.69 Å². The summed E-state index contributed by atoms with van der Waals surface area (Å²) in [6, 6.07) is 80.4. The Balaban J connectivity index is 0.970. The number of thiophene rings is 1. The molecule has 0 aliphatic rings. The molecule has 2 nitrogen and oxygen atoms in total. The molecule has 0 N–H and O–H groups in total. The summed E-state index contributed by atoms with van der Waals surface area (Å²) in [5.74, 6) is 0. The molecule has 0 atom stereocenters. The van der Waals surface area contributed by atoms with Crippen LogP contribution in [0.5, 0.6) is 0 Å². The van der Waals surface area contributed by atoms with Gasteiger partial charge in [0.1, 0.15) is 0 Å². The summed E-state index contributed by atoms with van der Waals surface area (Å²) in [6.07, 6.45) is 0. The molecule has 284 valence electrons. The van der Waals surface area contributed by atoms with Crippen LogP contribution in [0.1, 0.15) is 0 Å². The van der Waals surface area contributed by atoms with Gasteiger partial charge in [-0.1, -0.05) is 146 Å². The number of nitrogens with zero attached hydrogens (tertiary/aromatic N) is 2. The molecular formula is C58H36N2S. The highest BCUT2D eigenvalue weighted by Gasteiger charge is 2.19. The van der Waals surface area contributed by atoms with E-state index in [1.165, 1.54) is 114 Å². The Morgan fingerprint density at radius 1 is 0.295 bits per heavy atom. The van der Waals surface area contributed by atoms with Crippen molar-refractivity contribution in [2.24, 2.45) is 0 Å². The Labute approximate surface area is 356 Å². The van der Waals surface area contributed by atoms with Crippen molar-refractivity contribution in [1.29, 1.82) is 0 Å². The third-order valence-electron chi connectivity index (χ3n) is 12.7. The number of para-hydroxylation sites is 2. The highest BCUT2D eigenvalue weighted by molar-refractivity contribution is 7.26. The predicted octanol–water partition coefficient (Wildman–Crippen LogP) is 16.4. The topological polar surface area (TPSA) is 9.86 Å². The molecule has 0 saturated carbocycles. The van der Waals surface area contributed by atoms with Crippen LogP contribution >= 0.6 is 11.3 Å². The van der Waals surface area contributed by atoms with Gasteiger partial charge in [-0.25, -0.2) is 0 Å². The van der Waals surface area contributed by atoms with E-state index in [2.05, 4.69) is 228 Å². The molecule has 0 fully saturated rings. The lowest BCUT2D eigenvalue weighted by Crippen LogP contribution is -1.94. The van der Waals surface area contributed by atoms with E-state index in [9.17, 15) is 0 Å². The van der Waals surface area contributed by atoms with Gasteiger partial charge in [-0.05, 0) is 112 Å². The van der Waals surface area contributed by atoms with Crippen LogP contribution in [-0.2, 0) is 0 Å². The molecule has 13 rings (SSSR count). The fourth-order valence-electron chi connectivity index (χ4n) is 9.93. The van der Waals surface area contributed by atoms with Crippen LogP contribution in [0.2, 0.25) is 0 Å². The molecule has 0 radical (unpaired) electrons. The van der Waals surface area contributed by atoms with E-state index < -0.39 is 0 Å². The second kappa shape index (κ2) is 13.4. The minimum atomic E-state index is 1.16. The molecule has 61 heavy (non-hydrogen) atoms.